The first kappa shape index (κ1) is 20.3. The van der Waals surface area contributed by atoms with Gasteiger partial charge >= 0.3 is 0 Å². The zero-order valence-electron chi connectivity index (χ0n) is 16.9. The quantitative estimate of drug-likeness (QED) is 0.604. The number of morpholine rings is 1. The Balaban J connectivity index is 1.49. The third kappa shape index (κ3) is 4.77. The lowest BCUT2D eigenvalue weighted by atomic mass is 10.2. The molecule has 4 rings (SSSR count). The van der Waals surface area contributed by atoms with E-state index in [1.54, 1.807) is 18.2 Å². The molecule has 1 N–H and O–H groups in total. The Labute approximate surface area is 174 Å². The van der Waals surface area contributed by atoms with E-state index in [0.717, 1.165) is 45.0 Å². The molecule has 0 spiro atoms. The van der Waals surface area contributed by atoms with Gasteiger partial charge in [0.15, 0.2) is 5.76 Å². The normalized spacial score (nSPS) is 14.7. The van der Waals surface area contributed by atoms with Crippen LogP contribution in [0.4, 0.5) is 4.39 Å². The highest BCUT2D eigenvalue weighted by Gasteiger charge is 2.19. The van der Waals surface area contributed by atoms with Gasteiger partial charge in [0.2, 0.25) is 0 Å². The van der Waals surface area contributed by atoms with Crippen molar-refractivity contribution in [3.05, 3.63) is 59.7 Å². The van der Waals surface area contributed by atoms with E-state index in [1.807, 2.05) is 19.1 Å². The summed E-state index contributed by atoms with van der Waals surface area (Å²) in [4.78, 5) is 15.2. The summed E-state index contributed by atoms with van der Waals surface area (Å²) in [5.41, 5.74) is 1.52. The summed E-state index contributed by atoms with van der Waals surface area (Å²) >= 11 is 0. The molecule has 30 heavy (non-hydrogen) atoms. The maximum Gasteiger partial charge on any atom is 0.270 e. The Morgan fingerprint density at radius 2 is 1.93 bits per heavy atom. The highest BCUT2D eigenvalue weighted by atomic mass is 19.1. The number of aromatic nitrogens is 2. The molecule has 1 saturated heterocycles. The van der Waals surface area contributed by atoms with Crippen molar-refractivity contribution in [2.75, 3.05) is 39.4 Å². The van der Waals surface area contributed by atoms with Crippen LogP contribution in [0.5, 0.6) is 0 Å². The van der Waals surface area contributed by atoms with Crippen molar-refractivity contribution in [2.24, 2.45) is 0 Å². The molecule has 158 valence electrons. The summed E-state index contributed by atoms with van der Waals surface area (Å²) in [7, 11) is 0. The third-order valence-electron chi connectivity index (χ3n) is 5.05. The number of rotatable bonds is 7. The first-order valence-electron chi connectivity index (χ1n) is 10.1. The molecule has 7 nitrogen and oxygen atoms in total. The molecule has 3 heterocycles. The predicted molar refractivity (Wildman–Crippen MR) is 110 cm³/mol. The van der Waals surface area contributed by atoms with Gasteiger partial charge in [-0.05, 0) is 56.3 Å². The number of amides is 1. The maximum absolute atomic E-state index is 13.4. The van der Waals surface area contributed by atoms with Crippen LogP contribution in [0.2, 0.25) is 0 Å². The molecule has 1 amide bonds. The number of ether oxygens (including phenoxy) is 1. The van der Waals surface area contributed by atoms with Crippen molar-refractivity contribution >= 4 is 5.91 Å². The van der Waals surface area contributed by atoms with E-state index in [4.69, 9.17) is 9.15 Å². The summed E-state index contributed by atoms with van der Waals surface area (Å²) < 4.78 is 25.9. The first-order chi connectivity index (χ1) is 14.6. The summed E-state index contributed by atoms with van der Waals surface area (Å²) in [5.74, 6) is 0.760. The van der Waals surface area contributed by atoms with E-state index >= 15 is 0 Å². The molecular formula is C22H25FN4O3. The van der Waals surface area contributed by atoms with Crippen LogP contribution in [0.25, 0.3) is 17.1 Å². The van der Waals surface area contributed by atoms with Gasteiger partial charge < -0.3 is 14.5 Å². The van der Waals surface area contributed by atoms with Crippen LogP contribution < -0.4 is 5.32 Å². The minimum absolute atomic E-state index is 0.233. The predicted octanol–water partition coefficient (Wildman–Crippen LogP) is 3.03. The van der Waals surface area contributed by atoms with Crippen LogP contribution in [0.3, 0.4) is 0 Å². The average molecular weight is 412 g/mol. The Bertz CT molecular complexity index is 990. The van der Waals surface area contributed by atoms with Gasteiger partial charge in [-0.2, -0.15) is 5.10 Å². The number of nitrogens with zero attached hydrogens (tertiary/aromatic N) is 3. The van der Waals surface area contributed by atoms with Crippen LogP contribution in [0.1, 0.15) is 22.7 Å². The van der Waals surface area contributed by atoms with Crippen LogP contribution in [-0.4, -0.2) is 60.0 Å². The minimum atomic E-state index is -0.345. The lowest BCUT2D eigenvalue weighted by Crippen LogP contribution is -2.38. The summed E-state index contributed by atoms with van der Waals surface area (Å²) in [6.45, 7) is 6.70. The molecule has 8 heteroatoms. The number of halogens is 1. The molecule has 1 aromatic carbocycles. The zero-order valence-corrected chi connectivity index (χ0v) is 16.9. The third-order valence-corrected chi connectivity index (χ3v) is 5.05. The molecule has 3 aromatic rings. The Hall–Kier alpha value is -2.97. The van der Waals surface area contributed by atoms with Crippen molar-refractivity contribution in [1.82, 2.24) is 20.0 Å². The Kier molecular flexibility index (Phi) is 6.25. The minimum Gasteiger partial charge on any atom is -0.460 e. The van der Waals surface area contributed by atoms with Crippen LogP contribution in [0.15, 0.2) is 46.9 Å². The molecule has 0 atom stereocenters. The molecule has 1 aliphatic rings. The Morgan fingerprint density at radius 3 is 2.63 bits per heavy atom. The number of aryl methyl sites for hydroxylation is 1. The van der Waals surface area contributed by atoms with Gasteiger partial charge in [0.25, 0.3) is 5.91 Å². The monoisotopic (exact) mass is 412 g/mol. The largest absolute Gasteiger partial charge is 0.460 e. The van der Waals surface area contributed by atoms with Crippen LogP contribution in [-0.2, 0) is 4.74 Å². The van der Waals surface area contributed by atoms with Crippen molar-refractivity contribution < 1.29 is 18.3 Å². The molecule has 0 aliphatic carbocycles. The van der Waals surface area contributed by atoms with Crippen LogP contribution >= 0.6 is 0 Å². The summed E-state index contributed by atoms with van der Waals surface area (Å²) in [6, 6.07) is 11.2. The van der Waals surface area contributed by atoms with E-state index < -0.39 is 0 Å². The van der Waals surface area contributed by atoms with Crippen molar-refractivity contribution in [3.63, 3.8) is 0 Å². The second-order valence-electron chi connectivity index (χ2n) is 7.28. The number of nitrogens with one attached hydrogen (secondary N) is 1. The van der Waals surface area contributed by atoms with Gasteiger partial charge in [-0.1, -0.05) is 0 Å². The number of carbonyl (C=O) groups is 1. The van der Waals surface area contributed by atoms with E-state index in [0.29, 0.717) is 29.4 Å². The lowest BCUT2D eigenvalue weighted by Gasteiger charge is -2.26. The fraction of sp³-hybridized carbons (Fsp3) is 0.364. The van der Waals surface area contributed by atoms with Crippen molar-refractivity contribution in [2.45, 2.75) is 13.3 Å². The summed E-state index contributed by atoms with van der Waals surface area (Å²) in [6.07, 6.45) is 0.848. The molecular weight excluding hydrogens is 387 g/mol. The van der Waals surface area contributed by atoms with E-state index in [1.165, 1.54) is 16.8 Å². The van der Waals surface area contributed by atoms with Gasteiger partial charge in [-0.15, -0.1) is 0 Å². The van der Waals surface area contributed by atoms with Gasteiger partial charge in [0.05, 0.1) is 18.9 Å². The number of hydrogen-bond donors (Lipinski definition) is 1. The Morgan fingerprint density at radius 1 is 1.17 bits per heavy atom. The fourth-order valence-electron chi connectivity index (χ4n) is 3.43. The van der Waals surface area contributed by atoms with E-state index in [2.05, 4.69) is 15.3 Å². The van der Waals surface area contributed by atoms with Gasteiger partial charge in [-0.25, -0.2) is 9.07 Å². The van der Waals surface area contributed by atoms with Gasteiger partial charge in [-0.3, -0.25) is 9.69 Å². The second kappa shape index (κ2) is 9.23. The number of benzene rings is 1. The zero-order chi connectivity index (χ0) is 20.9. The number of carbonyl (C=O) groups excluding carboxylic acids is 1. The first-order valence-corrected chi connectivity index (χ1v) is 10.1. The molecule has 0 radical (unpaired) electrons. The van der Waals surface area contributed by atoms with E-state index in [-0.39, 0.29) is 11.7 Å². The maximum atomic E-state index is 13.4. The lowest BCUT2D eigenvalue weighted by molar-refractivity contribution is 0.0374. The van der Waals surface area contributed by atoms with Gasteiger partial charge in [0.1, 0.15) is 23.0 Å². The number of hydrogen-bond acceptors (Lipinski definition) is 5. The van der Waals surface area contributed by atoms with Crippen molar-refractivity contribution in [3.8, 4) is 17.1 Å². The molecule has 1 fully saturated rings. The number of furan rings is 1. The van der Waals surface area contributed by atoms with E-state index in [9.17, 15) is 9.18 Å². The molecule has 2 aromatic heterocycles. The van der Waals surface area contributed by atoms with Crippen LogP contribution in [0, 0.1) is 12.7 Å². The van der Waals surface area contributed by atoms with Gasteiger partial charge in [0, 0.05) is 25.7 Å². The van der Waals surface area contributed by atoms with Crippen molar-refractivity contribution in [1.29, 1.82) is 0 Å². The summed E-state index contributed by atoms with van der Waals surface area (Å²) in [5, 5.41) is 7.50. The highest BCUT2D eigenvalue weighted by Crippen LogP contribution is 2.24. The smallest absolute Gasteiger partial charge is 0.270 e. The standard InChI is InChI=1S/C22H25FN4O3/c1-16-3-8-21(30-16)19-15-20(27(25-19)18-6-4-17(23)5-7-18)22(28)24-9-2-10-26-11-13-29-14-12-26/h3-8,15H,2,9-14H2,1H3,(H,24,28). The highest BCUT2D eigenvalue weighted by molar-refractivity contribution is 5.94. The molecule has 0 unspecified atom stereocenters. The molecule has 0 bridgehead atoms. The second-order valence-corrected chi connectivity index (χ2v) is 7.28. The fourth-order valence-corrected chi connectivity index (χ4v) is 3.43. The average Bonchev–Trinajstić information content (AvgIpc) is 3.39. The molecule has 0 saturated carbocycles. The topological polar surface area (TPSA) is 72.5 Å². The molecule has 1 aliphatic heterocycles. The SMILES string of the molecule is Cc1ccc(-c2cc(C(=O)NCCCN3CCOCC3)n(-c3ccc(F)cc3)n2)o1.